The molecule has 0 atom stereocenters. The molecule has 0 unspecified atom stereocenters. The van der Waals surface area contributed by atoms with Gasteiger partial charge in [-0.15, -0.1) is 0 Å². The summed E-state index contributed by atoms with van der Waals surface area (Å²) in [5.41, 5.74) is 2.40. The molecule has 0 radical (unpaired) electrons. The van der Waals surface area contributed by atoms with Gasteiger partial charge in [0.05, 0.1) is 5.57 Å². The molecule has 0 saturated heterocycles. The highest BCUT2D eigenvalue weighted by Gasteiger charge is 2.32. The lowest BCUT2D eigenvalue weighted by molar-refractivity contribution is 0.0995. The Hall–Kier alpha value is -3.19. The summed E-state index contributed by atoms with van der Waals surface area (Å²) in [5, 5.41) is 9.47. The minimum atomic E-state index is -0.388. The minimum absolute atomic E-state index is 0.0840. The van der Waals surface area contributed by atoms with E-state index in [1.54, 1.807) is 36.4 Å². The molecule has 0 bridgehead atoms. The van der Waals surface area contributed by atoms with E-state index in [1.165, 1.54) is 0 Å². The smallest absolute Gasteiger partial charge is 0.205 e. The number of carbonyl (C=O) groups excluding carboxylic acids is 2. The number of rotatable bonds is 4. The molecular weight excluding hydrogens is 312 g/mol. The van der Waals surface area contributed by atoms with Crippen molar-refractivity contribution in [2.75, 3.05) is 18.0 Å². The van der Waals surface area contributed by atoms with Crippen molar-refractivity contribution >= 4 is 22.8 Å². The lowest BCUT2D eigenvalue weighted by Gasteiger charge is -2.22. The highest BCUT2D eigenvalue weighted by atomic mass is 16.1. The summed E-state index contributed by atoms with van der Waals surface area (Å²) in [7, 11) is 0. The molecule has 0 aromatic heterocycles. The number of hydrogen-bond donors (Lipinski definition) is 0. The molecule has 0 spiro atoms. The van der Waals surface area contributed by atoms with Gasteiger partial charge in [0.2, 0.25) is 5.78 Å². The monoisotopic (exact) mass is 330 g/mol. The third kappa shape index (κ3) is 2.74. The first-order valence-electron chi connectivity index (χ1n) is 8.30. The van der Waals surface area contributed by atoms with E-state index in [0.29, 0.717) is 16.7 Å². The third-order valence-corrected chi connectivity index (χ3v) is 4.52. The number of carbonyl (C=O) groups is 2. The molecule has 25 heavy (non-hydrogen) atoms. The number of benzene rings is 2. The van der Waals surface area contributed by atoms with Gasteiger partial charge in [0.1, 0.15) is 11.6 Å². The fraction of sp³-hybridized carbons (Fsp3) is 0.190. The van der Waals surface area contributed by atoms with Crippen molar-refractivity contribution in [1.29, 1.82) is 5.26 Å². The molecule has 0 N–H and O–H groups in total. The van der Waals surface area contributed by atoms with Gasteiger partial charge in [0, 0.05) is 29.9 Å². The second kappa shape index (κ2) is 6.74. The Morgan fingerprint density at radius 2 is 1.44 bits per heavy atom. The Morgan fingerprint density at radius 1 is 0.880 bits per heavy atom. The van der Waals surface area contributed by atoms with Crippen LogP contribution in [0.2, 0.25) is 0 Å². The first-order chi connectivity index (χ1) is 12.1. The maximum absolute atomic E-state index is 12.9. The van der Waals surface area contributed by atoms with Crippen LogP contribution in [-0.2, 0) is 0 Å². The molecule has 0 fully saturated rings. The van der Waals surface area contributed by atoms with E-state index >= 15 is 0 Å². The van der Waals surface area contributed by atoms with E-state index in [0.717, 1.165) is 18.8 Å². The lowest BCUT2D eigenvalue weighted by atomic mass is 9.81. The molecule has 2 aromatic carbocycles. The van der Waals surface area contributed by atoms with E-state index in [9.17, 15) is 14.9 Å². The molecule has 4 heteroatoms. The van der Waals surface area contributed by atoms with Crippen molar-refractivity contribution in [2.24, 2.45) is 0 Å². The van der Waals surface area contributed by atoms with Gasteiger partial charge in [-0.25, -0.2) is 0 Å². The van der Waals surface area contributed by atoms with Crippen LogP contribution in [0.1, 0.15) is 40.1 Å². The predicted molar refractivity (Wildman–Crippen MR) is 97.6 cm³/mol. The summed E-state index contributed by atoms with van der Waals surface area (Å²) in [5.74, 6) is -0.664. The number of Topliss-reactive ketones (excluding diaryl/α,β-unsaturated/α-hetero) is 2. The fourth-order valence-corrected chi connectivity index (χ4v) is 3.19. The molecule has 1 aliphatic carbocycles. The van der Waals surface area contributed by atoms with Crippen molar-refractivity contribution in [1.82, 2.24) is 0 Å². The van der Waals surface area contributed by atoms with Crippen LogP contribution in [0, 0.1) is 11.3 Å². The summed E-state index contributed by atoms with van der Waals surface area (Å²) in [6.07, 6.45) is 0. The molecule has 0 amide bonds. The summed E-state index contributed by atoms with van der Waals surface area (Å²) >= 11 is 0. The number of hydrogen-bond acceptors (Lipinski definition) is 4. The maximum Gasteiger partial charge on any atom is 0.205 e. The standard InChI is InChI=1S/C21H18N2O2/c1-3-23(4-2)15-11-9-14(10-12-15)19-18(13-22)20(24)16-7-5-6-8-17(16)21(19)25/h5-12H,3-4H2,1-2H3. The quantitative estimate of drug-likeness (QED) is 0.853. The Morgan fingerprint density at radius 3 is 1.96 bits per heavy atom. The van der Waals surface area contributed by atoms with Crippen LogP contribution in [-0.4, -0.2) is 24.7 Å². The number of fused-ring (bicyclic) bond motifs is 1. The largest absolute Gasteiger partial charge is 0.372 e. The van der Waals surface area contributed by atoms with E-state index in [4.69, 9.17) is 0 Å². The van der Waals surface area contributed by atoms with Crippen LogP contribution in [0.4, 0.5) is 5.69 Å². The first kappa shape index (κ1) is 16.7. The molecular formula is C21H18N2O2. The predicted octanol–water partition coefficient (Wildman–Crippen LogP) is 3.89. The SMILES string of the molecule is CCN(CC)c1ccc(C2=C(C#N)C(=O)c3ccccc3C2=O)cc1. The van der Waals surface area contributed by atoms with Crippen molar-refractivity contribution in [2.45, 2.75) is 13.8 Å². The highest BCUT2D eigenvalue weighted by molar-refractivity contribution is 6.41. The van der Waals surface area contributed by atoms with Crippen LogP contribution in [0.15, 0.2) is 54.1 Å². The van der Waals surface area contributed by atoms with Crippen LogP contribution < -0.4 is 4.90 Å². The summed E-state index contributed by atoms with van der Waals surface area (Å²) in [6, 6.07) is 16.0. The van der Waals surface area contributed by atoms with E-state index in [1.807, 2.05) is 18.2 Å². The normalized spacial score (nSPS) is 13.5. The molecule has 124 valence electrons. The maximum atomic E-state index is 12.9. The Bertz CT molecular complexity index is 914. The van der Waals surface area contributed by atoms with Crippen molar-refractivity contribution in [3.8, 4) is 6.07 Å². The van der Waals surface area contributed by atoms with Gasteiger partial charge >= 0.3 is 0 Å². The third-order valence-electron chi connectivity index (χ3n) is 4.52. The van der Waals surface area contributed by atoms with E-state index in [2.05, 4.69) is 18.7 Å². The van der Waals surface area contributed by atoms with Crippen LogP contribution in [0.3, 0.4) is 0 Å². The van der Waals surface area contributed by atoms with E-state index < -0.39 is 0 Å². The van der Waals surface area contributed by atoms with Gasteiger partial charge in [0.25, 0.3) is 0 Å². The van der Waals surface area contributed by atoms with Gasteiger partial charge < -0.3 is 4.90 Å². The summed E-state index contributed by atoms with van der Waals surface area (Å²) < 4.78 is 0. The fourth-order valence-electron chi connectivity index (χ4n) is 3.19. The van der Waals surface area contributed by atoms with Crippen molar-refractivity contribution in [3.05, 3.63) is 70.8 Å². The molecule has 0 aliphatic heterocycles. The lowest BCUT2D eigenvalue weighted by Crippen LogP contribution is -2.22. The van der Waals surface area contributed by atoms with Crippen LogP contribution in [0.5, 0.6) is 0 Å². The topological polar surface area (TPSA) is 61.2 Å². The first-order valence-corrected chi connectivity index (χ1v) is 8.30. The highest BCUT2D eigenvalue weighted by Crippen LogP contribution is 2.32. The summed E-state index contributed by atoms with van der Waals surface area (Å²) in [6.45, 7) is 5.92. The number of allylic oxidation sites excluding steroid dienone is 2. The second-order valence-electron chi connectivity index (χ2n) is 5.78. The molecule has 3 rings (SSSR count). The van der Waals surface area contributed by atoms with Gasteiger partial charge in [-0.3, -0.25) is 9.59 Å². The Labute approximate surface area is 147 Å². The van der Waals surface area contributed by atoms with Gasteiger partial charge in [0.15, 0.2) is 5.78 Å². The zero-order valence-electron chi connectivity index (χ0n) is 14.2. The zero-order valence-corrected chi connectivity index (χ0v) is 14.2. The molecule has 0 saturated carbocycles. The van der Waals surface area contributed by atoms with Gasteiger partial charge in [-0.1, -0.05) is 36.4 Å². The number of nitrogens with zero attached hydrogens (tertiary/aromatic N) is 2. The average molecular weight is 330 g/mol. The number of nitriles is 1. The van der Waals surface area contributed by atoms with Crippen molar-refractivity contribution in [3.63, 3.8) is 0 Å². The number of anilines is 1. The molecule has 2 aromatic rings. The van der Waals surface area contributed by atoms with Gasteiger partial charge in [-0.2, -0.15) is 5.26 Å². The number of ketones is 2. The van der Waals surface area contributed by atoms with E-state index in [-0.39, 0.29) is 22.7 Å². The average Bonchev–Trinajstić information content (AvgIpc) is 2.66. The van der Waals surface area contributed by atoms with Crippen LogP contribution >= 0.6 is 0 Å². The van der Waals surface area contributed by atoms with Gasteiger partial charge in [-0.05, 0) is 31.5 Å². The van der Waals surface area contributed by atoms with Crippen LogP contribution in [0.25, 0.3) is 5.57 Å². The summed E-state index contributed by atoms with van der Waals surface area (Å²) in [4.78, 5) is 27.7. The Balaban J connectivity index is 2.11. The second-order valence-corrected chi connectivity index (χ2v) is 5.78. The minimum Gasteiger partial charge on any atom is -0.372 e. The van der Waals surface area contributed by atoms with Crippen molar-refractivity contribution < 1.29 is 9.59 Å². The zero-order chi connectivity index (χ0) is 18.0. The Kier molecular flexibility index (Phi) is 4.49. The molecule has 0 heterocycles. The molecule has 4 nitrogen and oxygen atoms in total. The molecule has 1 aliphatic rings.